The van der Waals surface area contributed by atoms with Crippen LogP contribution in [0.3, 0.4) is 0 Å². The monoisotopic (exact) mass is 373 g/mol. The number of aliphatic imine (C=N–C) groups is 1. The molecule has 0 unspecified atom stereocenters. The number of aromatic nitrogens is 2. The molecule has 6 heteroatoms. The zero-order valence-electron chi connectivity index (χ0n) is 13.9. The Morgan fingerprint density at radius 1 is 1.32 bits per heavy atom. The lowest BCUT2D eigenvalue weighted by Crippen LogP contribution is -2.10. The van der Waals surface area contributed by atoms with Crippen molar-refractivity contribution in [3.8, 4) is 0 Å². The largest absolute Gasteiger partial charge is 0.409 e. The quantitative estimate of drug-likeness (QED) is 0.585. The van der Waals surface area contributed by atoms with Crippen molar-refractivity contribution >= 4 is 46.0 Å². The minimum absolute atomic E-state index is 0.306. The predicted molar refractivity (Wildman–Crippen MR) is 105 cm³/mol. The standard InChI is InChI=1S/C19H17Cl2N3O/c1-3-13(10-22-2)15-9-18-17(23-11-15)7-8-24(18)25-12-14-5-4-6-16(20)19(14)21/h3-11H,12H2,1-2H3/b13-3+,22-10?. The first-order valence-corrected chi connectivity index (χ1v) is 8.51. The first-order valence-electron chi connectivity index (χ1n) is 7.76. The first kappa shape index (κ1) is 17.5. The van der Waals surface area contributed by atoms with Crippen LogP contribution >= 0.6 is 23.2 Å². The van der Waals surface area contributed by atoms with E-state index in [1.54, 1.807) is 17.8 Å². The van der Waals surface area contributed by atoms with E-state index >= 15 is 0 Å². The van der Waals surface area contributed by atoms with Gasteiger partial charge >= 0.3 is 0 Å². The summed E-state index contributed by atoms with van der Waals surface area (Å²) in [6.07, 6.45) is 7.47. The molecule has 0 saturated heterocycles. The smallest absolute Gasteiger partial charge is 0.141 e. The number of hydrogen-bond acceptors (Lipinski definition) is 3. The number of pyridine rings is 1. The molecule has 3 rings (SSSR count). The summed E-state index contributed by atoms with van der Waals surface area (Å²) in [5.74, 6) is 0. The number of nitrogens with zero attached hydrogens (tertiary/aromatic N) is 3. The van der Waals surface area contributed by atoms with Gasteiger partial charge in [0.2, 0.25) is 0 Å². The maximum absolute atomic E-state index is 6.22. The zero-order valence-corrected chi connectivity index (χ0v) is 15.4. The van der Waals surface area contributed by atoms with Crippen LogP contribution in [0.5, 0.6) is 0 Å². The maximum atomic E-state index is 6.22. The third-order valence-corrected chi connectivity index (χ3v) is 4.66. The molecule has 2 heterocycles. The Hall–Kier alpha value is -2.30. The molecule has 0 saturated carbocycles. The van der Waals surface area contributed by atoms with Gasteiger partial charge in [0.25, 0.3) is 0 Å². The summed E-state index contributed by atoms with van der Waals surface area (Å²) >= 11 is 12.3. The van der Waals surface area contributed by atoms with E-state index in [-0.39, 0.29) is 0 Å². The molecule has 0 aliphatic heterocycles. The van der Waals surface area contributed by atoms with Crippen LogP contribution < -0.4 is 4.84 Å². The van der Waals surface area contributed by atoms with Crippen molar-refractivity contribution in [2.75, 3.05) is 7.05 Å². The summed E-state index contributed by atoms with van der Waals surface area (Å²) in [5.41, 5.74) is 4.53. The minimum Gasteiger partial charge on any atom is -0.409 e. The van der Waals surface area contributed by atoms with E-state index < -0.39 is 0 Å². The van der Waals surface area contributed by atoms with Gasteiger partial charge < -0.3 is 4.84 Å². The summed E-state index contributed by atoms with van der Waals surface area (Å²) in [6.45, 7) is 2.28. The molecule has 0 bridgehead atoms. The zero-order chi connectivity index (χ0) is 17.8. The van der Waals surface area contributed by atoms with Crippen molar-refractivity contribution < 1.29 is 4.84 Å². The van der Waals surface area contributed by atoms with Crippen LogP contribution in [0, 0.1) is 0 Å². The predicted octanol–water partition coefficient (Wildman–Crippen LogP) is 5.08. The molecule has 0 spiro atoms. The number of allylic oxidation sites excluding steroid dienone is 2. The average molecular weight is 374 g/mol. The van der Waals surface area contributed by atoms with Gasteiger partial charge in [0.15, 0.2) is 0 Å². The second kappa shape index (κ2) is 7.72. The van der Waals surface area contributed by atoms with Crippen molar-refractivity contribution in [3.63, 3.8) is 0 Å². The lowest BCUT2D eigenvalue weighted by atomic mass is 10.1. The van der Waals surface area contributed by atoms with E-state index in [0.717, 1.165) is 27.7 Å². The second-order valence-corrected chi connectivity index (χ2v) is 6.17. The lowest BCUT2D eigenvalue weighted by Gasteiger charge is -2.11. The van der Waals surface area contributed by atoms with Gasteiger partial charge in [0.05, 0.1) is 15.6 Å². The molecule has 3 aromatic rings. The molecule has 0 atom stereocenters. The normalized spacial score (nSPS) is 12.2. The van der Waals surface area contributed by atoms with Gasteiger partial charge in [-0.1, -0.05) is 41.4 Å². The molecule has 1 aromatic carbocycles. The summed E-state index contributed by atoms with van der Waals surface area (Å²) in [6, 6.07) is 9.42. The van der Waals surface area contributed by atoms with E-state index in [2.05, 4.69) is 9.98 Å². The Morgan fingerprint density at radius 3 is 2.92 bits per heavy atom. The Labute approximate surface area is 156 Å². The van der Waals surface area contributed by atoms with Crippen LogP contribution in [0.4, 0.5) is 0 Å². The molecule has 0 N–H and O–H groups in total. The van der Waals surface area contributed by atoms with Crippen LogP contribution in [0.2, 0.25) is 10.0 Å². The third kappa shape index (κ3) is 3.70. The number of benzene rings is 1. The fourth-order valence-corrected chi connectivity index (χ4v) is 2.89. The van der Waals surface area contributed by atoms with E-state index in [1.165, 1.54) is 0 Å². The van der Waals surface area contributed by atoms with Gasteiger partial charge in [-0.2, -0.15) is 4.73 Å². The van der Waals surface area contributed by atoms with Crippen molar-refractivity contribution in [1.29, 1.82) is 0 Å². The molecule has 2 aromatic heterocycles. The van der Waals surface area contributed by atoms with E-state index in [9.17, 15) is 0 Å². The highest BCUT2D eigenvalue weighted by atomic mass is 35.5. The number of halogens is 2. The fraction of sp³-hybridized carbons (Fsp3) is 0.158. The van der Waals surface area contributed by atoms with E-state index in [4.69, 9.17) is 28.0 Å². The number of hydrogen-bond donors (Lipinski definition) is 0. The highest BCUT2D eigenvalue weighted by Crippen LogP contribution is 2.26. The van der Waals surface area contributed by atoms with Crippen LogP contribution in [-0.2, 0) is 6.61 Å². The number of fused-ring (bicyclic) bond motifs is 1. The lowest BCUT2D eigenvalue weighted by molar-refractivity contribution is 0.107. The van der Waals surface area contributed by atoms with Gasteiger partial charge in [-0.25, -0.2) is 0 Å². The van der Waals surface area contributed by atoms with Crippen LogP contribution in [-0.4, -0.2) is 23.0 Å². The maximum Gasteiger partial charge on any atom is 0.141 e. The molecule has 0 aliphatic rings. The number of rotatable bonds is 5. The average Bonchev–Trinajstić information content (AvgIpc) is 3.03. The van der Waals surface area contributed by atoms with E-state index in [0.29, 0.717) is 16.7 Å². The fourth-order valence-electron chi connectivity index (χ4n) is 2.51. The van der Waals surface area contributed by atoms with Crippen LogP contribution in [0.15, 0.2) is 53.8 Å². The summed E-state index contributed by atoms with van der Waals surface area (Å²) in [7, 11) is 1.75. The summed E-state index contributed by atoms with van der Waals surface area (Å²) in [5, 5.41) is 1.02. The molecule has 0 fully saturated rings. The molecule has 128 valence electrons. The molecule has 0 aliphatic carbocycles. The van der Waals surface area contributed by atoms with Crippen LogP contribution in [0.1, 0.15) is 18.1 Å². The highest BCUT2D eigenvalue weighted by molar-refractivity contribution is 6.42. The molecular formula is C19H17Cl2N3O. The van der Waals surface area contributed by atoms with Crippen molar-refractivity contribution in [1.82, 2.24) is 9.71 Å². The molecule has 25 heavy (non-hydrogen) atoms. The van der Waals surface area contributed by atoms with Gasteiger partial charge in [0, 0.05) is 36.8 Å². The minimum atomic E-state index is 0.306. The van der Waals surface area contributed by atoms with Crippen molar-refractivity contribution in [2.45, 2.75) is 13.5 Å². The van der Waals surface area contributed by atoms with Crippen molar-refractivity contribution in [2.24, 2.45) is 4.99 Å². The SMILES string of the molecule is C/C=C(\C=NC)c1cnc2ccn(OCc3cccc(Cl)c3Cl)c2c1. The summed E-state index contributed by atoms with van der Waals surface area (Å²) in [4.78, 5) is 14.5. The Morgan fingerprint density at radius 2 is 2.16 bits per heavy atom. The molecule has 4 nitrogen and oxygen atoms in total. The Bertz CT molecular complexity index is 960. The Balaban J connectivity index is 1.90. The van der Waals surface area contributed by atoms with Gasteiger partial charge in [-0.05, 0) is 30.7 Å². The van der Waals surface area contributed by atoms with Crippen LogP contribution in [0.25, 0.3) is 16.6 Å². The highest BCUT2D eigenvalue weighted by Gasteiger charge is 2.09. The van der Waals surface area contributed by atoms with Gasteiger partial charge in [0.1, 0.15) is 12.1 Å². The summed E-state index contributed by atoms with van der Waals surface area (Å²) < 4.78 is 1.69. The molecule has 0 radical (unpaired) electrons. The third-order valence-electron chi connectivity index (χ3n) is 3.81. The second-order valence-electron chi connectivity index (χ2n) is 5.39. The van der Waals surface area contributed by atoms with Gasteiger partial charge in [-0.3, -0.25) is 9.98 Å². The molecule has 0 amide bonds. The van der Waals surface area contributed by atoms with Gasteiger partial charge in [-0.15, -0.1) is 0 Å². The van der Waals surface area contributed by atoms with Crippen molar-refractivity contribution in [3.05, 3.63) is 70.0 Å². The first-order chi connectivity index (χ1) is 12.1. The molecular weight excluding hydrogens is 357 g/mol. The Kier molecular flexibility index (Phi) is 5.41. The topological polar surface area (TPSA) is 39.4 Å². The van der Waals surface area contributed by atoms with E-state index in [1.807, 2.05) is 55.9 Å².